The van der Waals surface area contributed by atoms with Crippen molar-refractivity contribution in [3.63, 3.8) is 0 Å². The number of benzene rings is 1. The summed E-state index contributed by atoms with van der Waals surface area (Å²) in [5.41, 5.74) is 7.60. The molecule has 3 heterocycles. The Morgan fingerprint density at radius 1 is 0.810 bits per heavy atom. The molecule has 2 unspecified atom stereocenters. The molecule has 3 nitrogen and oxygen atoms in total. The summed E-state index contributed by atoms with van der Waals surface area (Å²) in [5, 5.41) is 0. The fourth-order valence-corrected chi connectivity index (χ4v) is 4.91. The molecule has 0 saturated carbocycles. The fourth-order valence-electron chi connectivity index (χ4n) is 4.91. The Labute approximate surface area is 128 Å². The third kappa shape index (κ3) is 2.58. The molecule has 3 fully saturated rings. The van der Waals surface area contributed by atoms with Crippen molar-refractivity contribution in [1.82, 2.24) is 4.90 Å². The van der Waals surface area contributed by atoms with E-state index in [9.17, 15) is 0 Å². The van der Waals surface area contributed by atoms with E-state index in [0.717, 1.165) is 18.1 Å². The predicted octanol–water partition coefficient (Wildman–Crippen LogP) is 2.61. The summed E-state index contributed by atoms with van der Waals surface area (Å²) < 4.78 is 0. The van der Waals surface area contributed by atoms with Crippen molar-refractivity contribution in [2.24, 2.45) is 5.73 Å². The predicted molar refractivity (Wildman–Crippen MR) is 87.5 cm³/mol. The van der Waals surface area contributed by atoms with Crippen LogP contribution in [0.5, 0.6) is 0 Å². The second kappa shape index (κ2) is 5.62. The Kier molecular flexibility index (Phi) is 3.64. The van der Waals surface area contributed by atoms with Crippen molar-refractivity contribution in [3.05, 3.63) is 30.3 Å². The lowest BCUT2D eigenvalue weighted by Crippen LogP contribution is -2.54. The molecule has 1 aromatic carbocycles. The second-order valence-corrected chi connectivity index (χ2v) is 7.12. The van der Waals surface area contributed by atoms with Crippen LogP contribution >= 0.6 is 0 Å². The summed E-state index contributed by atoms with van der Waals surface area (Å²) in [6.45, 7) is 2.41. The molecule has 1 aromatic rings. The zero-order valence-electron chi connectivity index (χ0n) is 12.8. The zero-order chi connectivity index (χ0) is 14.2. The van der Waals surface area contributed by atoms with Crippen molar-refractivity contribution in [3.8, 4) is 0 Å². The molecule has 21 heavy (non-hydrogen) atoms. The number of rotatable bonds is 2. The number of fused-ring (bicyclic) bond motifs is 2. The molecule has 2 bridgehead atoms. The van der Waals surface area contributed by atoms with Gasteiger partial charge in [-0.05, 0) is 50.7 Å². The Morgan fingerprint density at radius 3 is 2.05 bits per heavy atom. The topological polar surface area (TPSA) is 32.5 Å². The number of piperidine rings is 2. The van der Waals surface area contributed by atoms with Crippen molar-refractivity contribution >= 4 is 5.69 Å². The molecule has 3 aliphatic heterocycles. The normalized spacial score (nSPS) is 34.3. The van der Waals surface area contributed by atoms with E-state index in [4.69, 9.17) is 5.73 Å². The molecule has 0 amide bonds. The number of hydrogen-bond acceptors (Lipinski definition) is 3. The number of para-hydroxylation sites is 1. The number of anilines is 1. The lowest BCUT2D eigenvalue weighted by molar-refractivity contribution is 0.0645. The highest BCUT2D eigenvalue weighted by molar-refractivity contribution is 5.46. The summed E-state index contributed by atoms with van der Waals surface area (Å²) >= 11 is 0. The summed E-state index contributed by atoms with van der Waals surface area (Å²) in [5.74, 6) is 0. The van der Waals surface area contributed by atoms with Gasteiger partial charge in [0.05, 0.1) is 0 Å². The monoisotopic (exact) mass is 285 g/mol. The average molecular weight is 285 g/mol. The van der Waals surface area contributed by atoms with Gasteiger partial charge in [-0.1, -0.05) is 18.2 Å². The lowest BCUT2D eigenvalue weighted by atomic mass is 9.92. The molecule has 2 N–H and O–H groups in total. The van der Waals surface area contributed by atoms with Crippen LogP contribution in [0, 0.1) is 0 Å². The third-order valence-electron chi connectivity index (χ3n) is 5.83. The summed E-state index contributed by atoms with van der Waals surface area (Å²) in [6.07, 6.45) is 7.87. The van der Waals surface area contributed by atoms with E-state index >= 15 is 0 Å². The van der Waals surface area contributed by atoms with Crippen molar-refractivity contribution in [2.75, 3.05) is 18.0 Å². The molecule has 3 aliphatic rings. The van der Waals surface area contributed by atoms with Gasteiger partial charge in [-0.25, -0.2) is 0 Å². The Morgan fingerprint density at radius 2 is 1.43 bits per heavy atom. The van der Waals surface area contributed by atoms with Crippen LogP contribution < -0.4 is 10.6 Å². The molecular weight excluding hydrogens is 258 g/mol. The molecule has 2 atom stereocenters. The van der Waals surface area contributed by atoms with Crippen LogP contribution in [-0.4, -0.2) is 42.2 Å². The maximum atomic E-state index is 6.21. The summed E-state index contributed by atoms with van der Waals surface area (Å²) in [6, 6.07) is 13.7. The first-order valence-corrected chi connectivity index (χ1v) is 8.64. The maximum Gasteiger partial charge on any atom is 0.0366 e. The quantitative estimate of drug-likeness (QED) is 0.906. The van der Waals surface area contributed by atoms with E-state index in [0.29, 0.717) is 6.04 Å². The molecular formula is C18H27N3. The molecule has 4 rings (SSSR count). The minimum atomic E-state index is 0.461. The maximum absolute atomic E-state index is 6.21. The highest BCUT2D eigenvalue weighted by Crippen LogP contribution is 2.39. The molecule has 0 aliphatic carbocycles. The number of nitrogens with two attached hydrogens (primary N) is 1. The van der Waals surface area contributed by atoms with E-state index in [2.05, 4.69) is 40.1 Å². The Balaban J connectivity index is 1.40. The van der Waals surface area contributed by atoms with Gasteiger partial charge in [0, 0.05) is 42.9 Å². The molecule has 3 saturated heterocycles. The van der Waals surface area contributed by atoms with Crippen LogP contribution in [0.3, 0.4) is 0 Å². The Hall–Kier alpha value is -1.06. The molecule has 0 radical (unpaired) electrons. The molecule has 0 spiro atoms. The van der Waals surface area contributed by atoms with Gasteiger partial charge in [-0.15, -0.1) is 0 Å². The zero-order valence-corrected chi connectivity index (χ0v) is 12.8. The number of nitrogens with zero attached hydrogens (tertiary/aromatic N) is 2. The van der Waals surface area contributed by atoms with Crippen LogP contribution in [0.4, 0.5) is 5.69 Å². The van der Waals surface area contributed by atoms with Crippen LogP contribution in [-0.2, 0) is 0 Å². The van der Waals surface area contributed by atoms with E-state index in [1.807, 2.05) is 0 Å². The first-order valence-electron chi connectivity index (χ1n) is 8.64. The van der Waals surface area contributed by atoms with Gasteiger partial charge in [0.1, 0.15) is 0 Å². The van der Waals surface area contributed by atoms with Gasteiger partial charge in [0.25, 0.3) is 0 Å². The van der Waals surface area contributed by atoms with E-state index in [1.54, 1.807) is 0 Å². The van der Waals surface area contributed by atoms with Crippen LogP contribution in [0.15, 0.2) is 30.3 Å². The first-order chi connectivity index (χ1) is 10.3. The van der Waals surface area contributed by atoms with Crippen LogP contribution in [0.1, 0.15) is 38.5 Å². The standard InChI is InChI=1S/C18H27N3/c19-14-12-17-6-7-18(13-14)21(17)16-8-10-20(11-9-16)15-4-2-1-3-5-15/h1-5,14,16-18H,6-13,19H2. The van der Waals surface area contributed by atoms with Crippen LogP contribution in [0.2, 0.25) is 0 Å². The minimum absolute atomic E-state index is 0.461. The van der Waals surface area contributed by atoms with Gasteiger partial charge in [-0.2, -0.15) is 0 Å². The third-order valence-corrected chi connectivity index (χ3v) is 5.83. The largest absolute Gasteiger partial charge is 0.371 e. The van der Waals surface area contributed by atoms with E-state index in [1.165, 1.54) is 57.3 Å². The van der Waals surface area contributed by atoms with Gasteiger partial charge in [-0.3, -0.25) is 4.90 Å². The molecule has 3 heteroatoms. The van der Waals surface area contributed by atoms with Crippen molar-refractivity contribution in [1.29, 1.82) is 0 Å². The summed E-state index contributed by atoms with van der Waals surface area (Å²) in [7, 11) is 0. The average Bonchev–Trinajstić information content (AvgIpc) is 2.80. The lowest BCUT2D eigenvalue weighted by Gasteiger charge is -2.46. The SMILES string of the molecule is NC1CC2CCC(C1)N2C1CCN(c2ccccc2)CC1. The van der Waals surface area contributed by atoms with Gasteiger partial charge < -0.3 is 10.6 Å². The highest BCUT2D eigenvalue weighted by Gasteiger charge is 2.43. The summed E-state index contributed by atoms with van der Waals surface area (Å²) in [4.78, 5) is 5.42. The fraction of sp³-hybridized carbons (Fsp3) is 0.667. The number of hydrogen-bond donors (Lipinski definition) is 1. The van der Waals surface area contributed by atoms with E-state index in [-0.39, 0.29) is 0 Å². The Bertz CT molecular complexity index is 453. The smallest absolute Gasteiger partial charge is 0.0366 e. The van der Waals surface area contributed by atoms with Gasteiger partial charge in [0.2, 0.25) is 0 Å². The molecule has 0 aromatic heterocycles. The first kappa shape index (κ1) is 13.6. The van der Waals surface area contributed by atoms with Crippen LogP contribution in [0.25, 0.3) is 0 Å². The molecule has 114 valence electrons. The highest BCUT2D eigenvalue weighted by atomic mass is 15.3. The van der Waals surface area contributed by atoms with E-state index < -0.39 is 0 Å². The van der Waals surface area contributed by atoms with Gasteiger partial charge >= 0.3 is 0 Å². The second-order valence-electron chi connectivity index (χ2n) is 7.12. The van der Waals surface area contributed by atoms with Crippen molar-refractivity contribution in [2.45, 2.75) is 62.7 Å². The van der Waals surface area contributed by atoms with Gasteiger partial charge in [0.15, 0.2) is 0 Å². The van der Waals surface area contributed by atoms with Crippen molar-refractivity contribution < 1.29 is 0 Å². The minimum Gasteiger partial charge on any atom is -0.371 e.